The minimum absolute atomic E-state index is 0.273. The van der Waals surface area contributed by atoms with Gasteiger partial charge in [-0.3, -0.25) is 0 Å². The number of ether oxygens (including phenoxy) is 1. The van der Waals surface area contributed by atoms with Crippen LogP contribution in [0.25, 0.3) is 0 Å². The topological polar surface area (TPSA) is 26.3 Å². The van der Waals surface area contributed by atoms with Gasteiger partial charge in [0.2, 0.25) is 2.14 Å². The Morgan fingerprint density at radius 2 is 1.27 bits per heavy atom. The van der Waals surface area contributed by atoms with Crippen molar-refractivity contribution in [2.24, 2.45) is 0 Å². The number of esters is 1. The Hall–Kier alpha value is 3.05. The SMILES string of the molecule is O=C(OC(=C(Br)Br)C(Br)(Br)Br)C(Br)(Br)Br. The molecule has 0 saturated heterocycles. The van der Waals surface area contributed by atoms with Crippen molar-refractivity contribution in [3.8, 4) is 0 Å². The molecule has 0 amide bonds. The van der Waals surface area contributed by atoms with Crippen LogP contribution in [-0.2, 0) is 9.53 Å². The monoisotopic (exact) mass is 723 g/mol. The fourth-order valence-electron chi connectivity index (χ4n) is 0.354. The summed E-state index contributed by atoms with van der Waals surface area (Å²) in [5.41, 5.74) is 0. The first-order valence-electron chi connectivity index (χ1n) is 2.87. The molecule has 0 radical (unpaired) electrons. The number of halogens is 8. The van der Waals surface area contributed by atoms with Crippen LogP contribution in [0, 0.1) is 0 Å². The molecule has 0 aliphatic rings. The van der Waals surface area contributed by atoms with E-state index in [0.29, 0.717) is 3.39 Å². The van der Waals surface area contributed by atoms with Crippen molar-refractivity contribution in [1.29, 1.82) is 0 Å². The summed E-state index contributed by atoms with van der Waals surface area (Å²) in [6, 6.07) is 0. The second-order valence-electron chi connectivity index (χ2n) is 1.97. The predicted molar refractivity (Wildman–Crippen MR) is 90.0 cm³/mol. The molecule has 88 valence electrons. The van der Waals surface area contributed by atoms with Crippen molar-refractivity contribution in [2.75, 3.05) is 0 Å². The van der Waals surface area contributed by atoms with Crippen molar-refractivity contribution in [3.05, 3.63) is 9.15 Å². The van der Waals surface area contributed by atoms with Crippen LogP contribution < -0.4 is 0 Å². The minimum Gasteiger partial charge on any atom is -0.424 e. The molecule has 0 aromatic rings. The van der Waals surface area contributed by atoms with Crippen LogP contribution >= 0.6 is 127 Å². The first-order valence-corrected chi connectivity index (χ1v) is 9.22. The molecule has 0 aliphatic heterocycles. The molecule has 0 N–H and O–H groups in total. The zero-order valence-corrected chi connectivity index (χ0v) is 19.0. The van der Waals surface area contributed by atoms with E-state index in [9.17, 15) is 4.79 Å². The third kappa shape index (κ3) is 7.27. The molecular weight excluding hydrogens is 731 g/mol. The van der Waals surface area contributed by atoms with Crippen LogP contribution in [0.1, 0.15) is 0 Å². The van der Waals surface area contributed by atoms with Gasteiger partial charge in [0.05, 0.1) is 0 Å². The fourth-order valence-corrected chi connectivity index (χ4v) is 3.79. The third-order valence-electron chi connectivity index (χ3n) is 0.855. The van der Waals surface area contributed by atoms with Gasteiger partial charge < -0.3 is 4.74 Å². The first kappa shape index (κ1) is 18.0. The summed E-state index contributed by atoms with van der Waals surface area (Å²) in [6.45, 7) is 0. The molecule has 0 rings (SSSR count). The van der Waals surface area contributed by atoms with Gasteiger partial charge in [-0.1, -0.05) is 47.8 Å². The minimum atomic E-state index is -1.12. The zero-order valence-electron chi connectivity index (χ0n) is 6.34. The molecule has 0 spiro atoms. The standard InChI is InChI=1S/C5Br8O2/c6-2(7)1(4(8,9)10)15-3(14)5(11,12)13. The molecule has 0 unspecified atom stereocenters. The highest BCUT2D eigenvalue weighted by Crippen LogP contribution is 2.46. The summed E-state index contributed by atoms with van der Waals surface area (Å²) in [4.78, 5) is 11.5. The van der Waals surface area contributed by atoms with Gasteiger partial charge in [0.1, 0.15) is 3.39 Å². The molecule has 0 heterocycles. The lowest BCUT2D eigenvalue weighted by atomic mass is 10.6. The third-order valence-corrected chi connectivity index (χ3v) is 3.63. The van der Waals surface area contributed by atoms with E-state index < -0.39 is 10.3 Å². The normalized spacial score (nSPS) is 12.3. The maximum Gasteiger partial charge on any atom is 0.350 e. The van der Waals surface area contributed by atoms with E-state index in [1.54, 1.807) is 0 Å². The van der Waals surface area contributed by atoms with Crippen molar-refractivity contribution < 1.29 is 9.53 Å². The van der Waals surface area contributed by atoms with Crippen LogP contribution in [0.5, 0.6) is 0 Å². The van der Waals surface area contributed by atoms with E-state index in [-0.39, 0.29) is 5.76 Å². The number of carbonyl (C=O) groups is 1. The van der Waals surface area contributed by atoms with Crippen LogP contribution in [0.3, 0.4) is 0 Å². The highest BCUT2D eigenvalue weighted by atomic mass is 80.0. The Kier molecular flexibility index (Phi) is 8.42. The van der Waals surface area contributed by atoms with Gasteiger partial charge in [0, 0.05) is 0 Å². The number of alkyl halides is 6. The lowest BCUT2D eigenvalue weighted by molar-refractivity contribution is -0.137. The van der Waals surface area contributed by atoms with Crippen LogP contribution in [-0.4, -0.2) is 10.3 Å². The van der Waals surface area contributed by atoms with Gasteiger partial charge in [0.15, 0.2) is 7.90 Å². The van der Waals surface area contributed by atoms with Gasteiger partial charge in [-0.25, -0.2) is 4.79 Å². The van der Waals surface area contributed by atoms with Crippen LogP contribution in [0.2, 0.25) is 0 Å². The summed E-state index contributed by atoms with van der Waals surface area (Å²) in [5.74, 6) is -0.299. The van der Waals surface area contributed by atoms with Gasteiger partial charge in [0.25, 0.3) is 0 Å². The Morgan fingerprint density at radius 3 is 1.47 bits per heavy atom. The second-order valence-corrected chi connectivity index (χ2v) is 18.1. The Balaban J connectivity index is 4.93. The average Bonchev–Trinajstić information content (AvgIpc) is 1.94. The van der Waals surface area contributed by atoms with Crippen LogP contribution in [0.4, 0.5) is 0 Å². The predicted octanol–water partition coefficient (Wildman–Crippen LogP) is 6.17. The van der Waals surface area contributed by atoms with Crippen LogP contribution in [0.15, 0.2) is 9.15 Å². The fraction of sp³-hybridized carbons (Fsp3) is 0.400. The number of hydrogen-bond acceptors (Lipinski definition) is 2. The van der Waals surface area contributed by atoms with Crippen molar-refractivity contribution >= 4 is 133 Å². The maximum atomic E-state index is 11.5. The summed E-state index contributed by atoms with van der Waals surface area (Å²) in [6.07, 6.45) is 0. The highest BCUT2D eigenvalue weighted by molar-refractivity contribution is 9.40. The quantitative estimate of drug-likeness (QED) is 0.184. The summed E-state index contributed by atoms with van der Waals surface area (Å²) in [5, 5.41) is 0. The molecule has 15 heavy (non-hydrogen) atoms. The van der Waals surface area contributed by atoms with E-state index in [4.69, 9.17) is 4.74 Å². The smallest absolute Gasteiger partial charge is 0.350 e. The molecule has 0 atom stereocenters. The van der Waals surface area contributed by atoms with E-state index in [1.165, 1.54) is 0 Å². The van der Waals surface area contributed by atoms with Crippen molar-refractivity contribution in [3.63, 3.8) is 0 Å². The molecule has 0 aliphatic carbocycles. The van der Waals surface area contributed by atoms with Crippen molar-refractivity contribution in [2.45, 2.75) is 4.29 Å². The van der Waals surface area contributed by atoms with E-state index in [0.717, 1.165) is 0 Å². The first-order chi connectivity index (χ1) is 6.46. The number of hydrogen-bond donors (Lipinski definition) is 0. The Bertz CT molecular complexity index is 280. The molecule has 10 heteroatoms. The molecule has 2 nitrogen and oxygen atoms in total. The molecule has 0 aromatic heterocycles. The molecule has 0 bridgehead atoms. The number of rotatable bonds is 1. The largest absolute Gasteiger partial charge is 0.424 e. The summed E-state index contributed by atoms with van der Waals surface area (Å²) < 4.78 is 3.62. The zero-order chi connectivity index (χ0) is 12.4. The molecule has 0 aromatic carbocycles. The maximum absolute atomic E-state index is 11.5. The lowest BCUT2D eigenvalue weighted by Crippen LogP contribution is -2.23. The van der Waals surface area contributed by atoms with Gasteiger partial charge in [-0.15, -0.1) is 0 Å². The van der Waals surface area contributed by atoms with E-state index >= 15 is 0 Å². The van der Waals surface area contributed by atoms with Gasteiger partial charge in [-0.2, -0.15) is 0 Å². The second kappa shape index (κ2) is 7.00. The lowest BCUT2D eigenvalue weighted by Gasteiger charge is -2.19. The molecular formula is C5Br8O2. The molecule has 0 fully saturated rings. The van der Waals surface area contributed by atoms with E-state index in [1.807, 2.05) is 0 Å². The summed E-state index contributed by atoms with van der Waals surface area (Å²) in [7, 11) is 0. The number of carbonyl (C=O) groups excluding carboxylic acids is 1. The molecule has 0 saturated carbocycles. The van der Waals surface area contributed by atoms with Crippen molar-refractivity contribution in [1.82, 2.24) is 0 Å². The summed E-state index contributed by atoms with van der Waals surface area (Å²) >= 11 is 25.2. The highest BCUT2D eigenvalue weighted by Gasteiger charge is 2.37. The number of allylic oxidation sites excluding steroid dienone is 1. The van der Waals surface area contributed by atoms with Gasteiger partial charge >= 0.3 is 5.97 Å². The van der Waals surface area contributed by atoms with Gasteiger partial charge in [-0.05, 0) is 79.6 Å². The Morgan fingerprint density at radius 1 is 0.867 bits per heavy atom. The average molecular weight is 731 g/mol. The van der Waals surface area contributed by atoms with E-state index in [2.05, 4.69) is 127 Å². The Labute approximate surface area is 154 Å².